The number of benzene rings is 1. The number of ether oxygens (including phenoxy) is 1. The number of carbonyl (C=O) groups excluding carboxylic acids is 1. The maximum absolute atomic E-state index is 12.6. The lowest BCUT2D eigenvalue weighted by Crippen LogP contribution is -2.10. The first-order chi connectivity index (χ1) is 7.36. The summed E-state index contributed by atoms with van der Waals surface area (Å²) >= 11 is 0. The molecule has 0 aliphatic rings. The summed E-state index contributed by atoms with van der Waals surface area (Å²) in [7, 11) is 0. The van der Waals surface area contributed by atoms with Gasteiger partial charge in [0, 0.05) is 12.5 Å². The van der Waals surface area contributed by atoms with Crippen LogP contribution in [0.2, 0.25) is 0 Å². The van der Waals surface area contributed by atoms with Crippen molar-refractivity contribution in [2.45, 2.75) is 13.1 Å². The molecule has 0 atom stereocenters. The van der Waals surface area contributed by atoms with E-state index >= 15 is 0 Å². The number of carbonyl (C=O) groups is 1. The lowest BCUT2D eigenvalue weighted by molar-refractivity contribution is -0.138. The second-order valence-electron chi connectivity index (χ2n) is 3.01. The zero-order valence-corrected chi connectivity index (χ0v) is 8.47. The van der Waals surface area contributed by atoms with Crippen molar-refractivity contribution < 1.29 is 22.7 Å². The van der Waals surface area contributed by atoms with Crippen molar-refractivity contribution in [2.24, 2.45) is 0 Å². The van der Waals surface area contributed by atoms with E-state index in [2.05, 4.69) is 11.3 Å². The minimum absolute atomic E-state index is 0.141. The summed E-state index contributed by atoms with van der Waals surface area (Å²) in [5.74, 6) is -0.820. The van der Waals surface area contributed by atoms with E-state index in [0.29, 0.717) is 0 Å². The molecule has 0 bridgehead atoms. The molecule has 0 heterocycles. The fraction of sp³-hybridized carbons (Fsp3) is 0.182. The Bertz CT molecular complexity index is 422. The number of alkyl halides is 3. The van der Waals surface area contributed by atoms with Crippen LogP contribution in [0.15, 0.2) is 24.8 Å². The molecule has 0 N–H and O–H groups in total. The third-order valence-corrected chi connectivity index (χ3v) is 1.83. The van der Waals surface area contributed by atoms with Crippen LogP contribution in [0, 0.1) is 0 Å². The van der Waals surface area contributed by atoms with Crippen molar-refractivity contribution in [3.63, 3.8) is 0 Å². The van der Waals surface area contributed by atoms with Crippen LogP contribution in [0.5, 0.6) is 5.75 Å². The second-order valence-corrected chi connectivity index (χ2v) is 3.01. The summed E-state index contributed by atoms with van der Waals surface area (Å²) in [5, 5.41) is 0. The van der Waals surface area contributed by atoms with Gasteiger partial charge in [0.05, 0.1) is 5.56 Å². The molecule has 16 heavy (non-hydrogen) atoms. The topological polar surface area (TPSA) is 26.3 Å². The van der Waals surface area contributed by atoms with Gasteiger partial charge in [0.25, 0.3) is 0 Å². The van der Waals surface area contributed by atoms with Crippen LogP contribution in [0.4, 0.5) is 13.2 Å². The highest BCUT2D eigenvalue weighted by atomic mass is 19.4. The highest BCUT2D eigenvalue weighted by molar-refractivity contribution is 5.72. The van der Waals surface area contributed by atoms with Crippen molar-refractivity contribution in [3.05, 3.63) is 35.9 Å². The Kier molecular flexibility index (Phi) is 3.37. The molecule has 0 radical (unpaired) electrons. The monoisotopic (exact) mass is 230 g/mol. The zero-order chi connectivity index (χ0) is 12.3. The van der Waals surface area contributed by atoms with Crippen molar-refractivity contribution in [1.29, 1.82) is 0 Å². The van der Waals surface area contributed by atoms with Crippen LogP contribution in [-0.2, 0) is 11.0 Å². The van der Waals surface area contributed by atoms with Gasteiger partial charge in [-0.1, -0.05) is 18.7 Å². The molecule has 0 amide bonds. The fourth-order valence-electron chi connectivity index (χ4n) is 1.25. The molecule has 0 aliphatic carbocycles. The largest absolute Gasteiger partial charge is 0.426 e. The summed E-state index contributed by atoms with van der Waals surface area (Å²) in [6, 6.07) is 3.37. The van der Waals surface area contributed by atoms with Gasteiger partial charge in [0.1, 0.15) is 5.75 Å². The Morgan fingerprint density at radius 1 is 1.44 bits per heavy atom. The van der Waals surface area contributed by atoms with E-state index in [4.69, 9.17) is 0 Å². The predicted molar refractivity (Wildman–Crippen MR) is 52.8 cm³/mol. The quantitative estimate of drug-likeness (QED) is 0.575. The van der Waals surface area contributed by atoms with E-state index in [1.165, 1.54) is 12.1 Å². The predicted octanol–water partition coefficient (Wildman–Crippen LogP) is 3.27. The SMILES string of the molecule is C=Cc1c(OC(C)=O)cccc1C(F)(F)F. The molecule has 2 nitrogen and oxygen atoms in total. The number of esters is 1. The Morgan fingerprint density at radius 2 is 2.06 bits per heavy atom. The molecule has 0 spiro atoms. The average Bonchev–Trinajstić information content (AvgIpc) is 2.15. The molecule has 0 aromatic heterocycles. The summed E-state index contributed by atoms with van der Waals surface area (Å²) in [4.78, 5) is 10.7. The normalized spacial score (nSPS) is 11.0. The summed E-state index contributed by atoms with van der Waals surface area (Å²) in [6.45, 7) is 4.40. The molecule has 0 saturated carbocycles. The molecule has 0 fully saturated rings. The summed E-state index contributed by atoms with van der Waals surface area (Å²) in [5.41, 5.74) is -1.11. The fourth-order valence-corrected chi connectivity index (χ4v) is 1.25. The molecule has 0 unspecified atom stereocenters. The number of hydrogen-bond acceptors (Lipinski definition) is 2. The molecular formula is C11H9F3O2. The van der Waals surface area contributed by atoms with Crippen LogP contribution in [0.3, 0.4) is 0 Å². The van der Waals surface area contributed by atoms with E-state index in [1.807, 2.05) is 0 Å². The maximum Gasteiger partial charge on any atom is 0.417 e. The van der Waals surface area contributed by atoms with Crippen LogP contribution in [-0.4, -0.2) is 5.97 Å². The molecular weight excluding hydrogens is 221 g/mol. The van der Waals surface area contributed by atoms with Gasteiger partial charge in [0.15, 0.2) is 0 Å². The lowest BCUT2D eigenvalue weighted by Gasteiger charge is -2.13. The van der Waals surface area contributed by atoms with E-state index < -0.39 is 17.7 Å². The Balaban J connectivity index is 3.32. The highest BCUT2D eigenvalue weighted by Gasteiger charge is 2.33. The van der Waals surface area contributed by atoms with Gasteiger partial charge in [-0.05, 0) is 12.1 Å². The van der Waals surface area contributed by atoms with Crippen molar-refractivity contribution in [3.8, 4) is 5.75 Å². The molecule has 1 rings (SSSR count). The first-order valence-corrected chi connectivity index (χ1v) is 4.37. The number of rotatable bonds is 2. The van der Waals surface area contributed by atoms with Gasteiger partial charge < -0.3 is 4.74 Å². The minimum Gasteiger partial charge on any atom is -0.426 e. The van der Waals surface area contributed by atoms with Crippen LogP contribution in [0.1, 0.15) is 18.1 Å². The van der Waals surface area contributed by atoms with E-state index in [1.54, 1.807) is 0 Å². The van der Waals surface area contributed by atoms with Crippen molar-refractivity contribution >= 4 is 12.0 Å². The molecule has 0 saturated heterocycles. The van der Waals surface area contributed by atoms with Crippen LogP contribution in [0.25, 0.3) is 6.08 Å². The number of halogens is 3. The Labute approximate surface area is 90.3 Å². The van der Waals surface area contributed by atoms with Gasteiger partial charge in [-0.3, -0.25) is 4.79 Å². The summed E-state index contributed by atoms with van der Waals surface area (Å²) in [6.07, 6.45) is -3.49. The maximum atomic E-state index is 12.6. The van der Waals surface area contributed by atoms with Gasteiger partial charge in [0.2, 0.25) is 0 Å². The van der Waals surface area contributed by atoms with E-state index in [9.17, 15) is 18.0 Å². The van der Waals surface area contributed by atoms with Gasteiger partial charge in [-0.15, -0.1) is 0 Å². The Hall–Kier alpha value is -1.78. The molecule has 5 heteroatoms. The first-order valence-electron chi connectivity index (χ1n) is 4.37. The van der Waals surface area contributed by atoms with Crippen LogP contribution >= 0.6 is 0 Å². The van der Waals surface area contributed by atoms with Gasteiger partial charge >= 0.3 is 12.1 Å². The van der Waals surface area contributed by atoms with Gasteiger partial charge in [-0.25, -0.2) is 0 Å². The molecule has 0 aliphatic heterocycles. The van der Waals surface area contributed by atoms with E-state index in [0.717, 1.165) is 19.1 Å². The highest BCUT2D eigenvalue weighted by Crippen LogP contribution is 2.36. The minimum atomic E-state index is -4.50. The molecule has 1 aromatic rings. The molecule has 1 aromatic carbocycles. The van der Waals surface area contributed by atoms with Crippen molar-refractivity contribution in [2.75, 3.05) is 0 Å². The third kappa shape index (κ3) is 2.62. The lowest BCUT2D eigenvalue weighted by atomic mass is 10.1. The molecule has 86 valence electrons. The zero-order valence-electron chi connectivity index (χ0n) is 8.47. The first kappa shape index (κ1) is 12.3. The second kappa shape index (κ2) is 4.38. The number of hydrogen-bond donors (Lipinski definition) is 0. The Morgan fingerprint density at radius 3 is 2.50 bits per heavy atom. The van der Waals surface area contributed by atoms with E-state index in [-0.39, 0.29) is 11.3 Å². The van der Waals surface area contributed by atoms with Crippen molar-refractivity contribution in [1.82, 2.24) is 0 Å². The van der Waals surface area contributed by atoms with Gasteiger partial charge in [-0.2, -0.15) is 13.2 Å². The van der Waals surface area contributed by atoms with Crippen LogP contribution < -0.4 is 4.74 Å². The smallest absolute Gasteiger partial charge is 0.417 e. The standard InChI is InChI=1S/C11H9F3O2/c1-3-8-9(11(12,13)14)5-4-6-10(8)16-7(2)15/h3-6H,1H2,2H3. The summed E-state index contributed by atoms with van der Waals surface area (Å²) < 4.78 is 42.4. The third-order valence-electron chi connectivity index (χ3n) is 1.83. The average molecular weight is 230 g/mol.